The van der Waals surface area contributed by atoms with Crippen molar-refractivity contribution in [1.29, 1.82) is 0 Å². The number of H-pyrrole nitrogens is 1. The summed E-state index contributed by atoms with van der Waals surface area (Å²) in [4.78, 5) is 28.6. The maximum absolute atomic E-state index is 13.0. The second kappa shape index (κ2) is 8.81. The Balaban J connectivity index is 1.57. The molecular weight excluding hydrogens is 402 g/mol. The summed E-state index contributed by atoms with van der Waals surface area (Å²) < 4.78 is 12.5. The lowest BCUT2D eigenvalue weighted by Crippen LogP contribution is -2.31. The number of aromatic amines is 1. The van der Waals surface area contributed by atoms with E-state index in [0.29, 0.717) is 34.3 Å². The number of hydrogen-bond donors (Lipinski definition) is 2. The van der Waals surface area contributed by atoms with Crippen LogP contribution in [0, 0.1) is 4.77 Å². The fourth-order valence-electron chi connectivity index (χ4n) is 3.57. The van der Waals surface area contributed by atoms with Gasteiger partial charge in [0.2, 0.25) is 0 Å². The first kappa shape index (κ1) is 20.3. The number of ether oxygens (including phenoxy) is 2. The van der Waals surface area contributed by atoms with E-state index in [1.807, 2.05) is 24.3 Å². The van der Waals surface area contributed by atoms with E-state index < -0.39 is 0 Å². The predicted octanol–water partition coefficient (Wildman–Crippen LogP) is 3.02. The van der Waals surface area contributed by atoms with Crippen LogP contribution in [0.4, 0.5) is 0 Å². The monoisotopic (exact) mass is 425 g/mol. The topological polar surface area (TPSA) is 85.3 Å². The minimum Gasteiger partial charge on any atom is -0.497 e. The van der Waals surface area contributed by atoms with Crippen molar-refractivity contribution in [3.63, 3.8) is 0 Å². The molecule has 1 fully saturated rings. The summed E-state index contributed by atoms with van der Waals surface area (Å²) in [6.45, 7) is 1.57. The summed E-state index contributed by atoms with van der Waals surface area (Å²) in [7, 11) is 1.61. The summed E-state index contributed by atoms with van der Waals surface area (Å²) in [6, 6.07) is 12.5. The SMILES string of the molecule is COc1ccc(Cn2c(=S)[nH]c3cc(C(=O)NCC4CCCO4)ccc3c2=O)cc1. The minimum atomic E-state index is -0.200. The zero-order valence-electron chi connectivity index (χ0n) is 16.6. The molecule has 156 valence electrons. The van der Waals surface area contributed by atoms with E-state index >= 15 is 0 Å². The highest BCUT2D eigenvalue weighted by molar-refractivity contribution is 7.71. The van der Waals surface area contributed by atoms with Crippen molar-refractivity contribution in [1.82, 2.24) is 14.9 Å². The molecule has 7 nitrogen and oxygen atoms in total. The van der Waals surface area contributed by atoms with Crippen molar-refractivity contribution in [2.45, 2.75) is 25.5 Å². The van der Waals surface area contributed by atoms with E-state index in [4.69, 9.17) is 21.7 Å². The van der Waals surface area contributed by atoms with Crippen LogP contribution in [0.5, 0.6) is 5.75 Å². The van der Waals surface area contributed by atoms with Gasteiger partial charge in [0.1, 0.15) is 5.75 Å². The van der Waals surface area contributed by atoms with Crippen LogP contribution in [0.1, 0.15) is 28.8 Å². The van der Waals surface area contributed by atoms with Crippen LogP contribution in [0.15, 0.2) is 47.3 Å². The van der Waals surface area contributed by atoms with Gasteiger partial charge < -0.3 is 19.8 Å². The number of amides is 1. The van der Waals surface area contributed by atoms with Crippen molar-refractivity contribution in [2.75, 3.05) is 20.3 Å². The summed E-state index contributed by atoms with van der Waals surface area (Å²) >= 11 is 5.41. The van der Waals surface area contributed by atoms with E-state index in [-0.39, 0.29) is 17.6 Å². The van der Waals surface area contributed by atoms with Crippen LogP contribution < -0.4 is 15.6 Å². The van der Waals surface area contributed by atoms with Crippen LogP contribution in [0.3, 0.4) is 0 Å². The Morgan fingerprint density at radius 2 is 2.10 bits per heavy atom. The standard InChI is InChI=1S/C22H23N3O4S/c1-28-16-7-4-14(5-8-16)13-25-21(27)18-9-6-15(11-19(18)24-22(25)30)20(26)23-12-17-3-2-10-29-17/h4-9,11,17H,2-3,10,12-13H2,1H3,(H,23,26)(H,24,30). The maximum atomic E-state index is 13.0. The Labute approximate surface area is 178 Å². The van der Waals surface area contributed by atoms with Crippen molar-refractivity contribution in [3.05, 3.63) is 68.7 Å². The van der Waals surface area contributed by atoms with E-state index in [1.165, 1.54) is 4.57 Å². The van der Waals surface area contributed by atoms with Gasteiger partial charge in [-0.05, 0) is 61.0 Å². The van der Waals surface area contributed by atoms with Crippen LogP contribution in [-0.2, 0) is 11.3 Å². The van der Waals surface area contributed by atoms with Crippen molar-refractivity contribution >= 4 is 29.0 Å². The van der Waals surface area contributed by atoms with Gasteiger partial charge in [0.25, 0.3) is 11.5 Å². The quantitative estimate of drug-likeness (QED) is 0.593. The van der Waals surface area contributed by atoms with Crippen LogP contribution in [-0.4, -0.2) is 41.8 Å². The molecule has 0 bridgehead atoms. The third-order valence-corrected chi connectivity index (χ3v) is 5.58. The van der Waals surface area contributed by atoms with Gasteiger partial charge in [-0.1, -0.05) is 12.1 Å². The third-order valence-electron chi connectivity index (χ3n) is 5.26. The number of rotatable bonds is 6. The Hall–Kier alpha value is -2.97. The minimum absolute atomic E-state index is 0.0744. The second-order valence-corrected chi connectivity index (χ2v) is 7.66. The lowest BCUT2D eigenvalue weighted by molar-refractivity contribution is 0.0858. The van der Waals surface area contributed by atoms with Gasteiger partial charge in [0.15, 0.2) is 4.77 Å². The fourth-order valence-corrected chi connectivity index (χ4v) is 3.82. The first-order valence-corrected chi connectivity index (χ1v) is 10.3. The number of fused-ring (bicyclic) bond motifs is 1. The van der Waals surface area contributed by atoms with E-state index in [1.54, 1.807) is 25.3 Å². The lowest BCUT2D eigenvalue weighted by Gasteiger charge is -2.12. The first-order valence-electron chi connectivity index (χ1n) is 9.85. The van der Waals surface area contributed by atoms with Crippen molar-refractivity contribution in [2.24, 2.45) is 0 Å². The summed E-state index contributed by atoms with van der Waals surface area (Å²) in [6.07, 6.45) is 2.06. The van der Waals surface area contributed by atoms with E-state index in [9.17, 15) is 9.59 Å². The number of methoxy groups -OCH3 is 1. The maximum Gasteiger partial charge on any atom is 0.262 e. The highest BCUT2D eigenvalue weighted by Crippen LogP contribution is 2.15. The lowest BCUT2D eigenvalue weighted by atomic mass is 10.1. The van der Waals surface area contributed by atoms with Gasteiger partial charge in [-0.25, -0.2) is 0 Å². The average Bonchev–Trinajstić information content (AvgIpc) is 3.28. The molecule has 1 unspecified atom stereocenters. The Kier molecular flexibility index (Phi) is 5.96. The van der Waals surface area contributed by atoms with Gasteiger partial charge in [-0.3, -0.25) is 14.2 Å². The van der Waals surface area contributed by atoms with E-state index in [2.05, 4.69) is 10.3 Å². The summed E-state index contributed by atoms with van der Waals surface area (Å²) in [5, 5.41) is 3.37. The largest absolute Gasteiger partial charge is 0.497 e. The van der Waals surface area contributed by atoms with Gasteiger partial charge >= 0.3 is 0 Å². The molecule has 1 aromatic heterocycles. The predicted molar refractivity (Wildman–Crippen MR) is 117 cm³/mol. The molecule has 2 heterocycles. The summed E-state index contributed by atoms with van der Waals surface area (Å²) in [5.74, 6) is 0.550. The normalized spacial score (nSPS) is 16.0. The molecule has 3 aromatic rings. The molecule has 0 radical (unpaired) electrons. The number of nitrogens with zero attached hydrogens (tertiary/aromatic N) is 1. The molecule has 1 aliphatic rings. The number of aromatic nitrogens is 2. The van der Waals surface area contributed by atoms with Crippen molar-refractivity contribution in [3.8, 4) is 5.75 Å². The van der Waals surface area contributed by atoms with Crippen LogP contribution in [0.2, 0.25) is 0 Å². The molecule has 4 rings (SSSR count). The number of carbonyl (C=O) groups is 1. The molecular formula is C22H23N3O4S. The summed E-state index contributed by atoms with van der Waals surface area (Å²) in [5.41, 5.74) is 1.75. The second-order valence-electron chi connectivity index (χ2n) is 7.27. The average molecular weight is 426 g/mol. The highest BCUT2D eigenvalue weighted by atomic mass is 32.1. The number of benzene rings is 2. The molecule has 2 aromatic carbocycles. The fraction of sp³-hybridized carbons (Fsp3) is 0.318. The number of hydrogen-bond acceptors (Lipinski definition) is 5. The molecule has 1 amide bonds. The molecule has 1 atom stereocenters. The number of carbonyl (C=O) groups excluding carboxylic acids is 1. The smallest absolute Gasteiger partial charge is 0.262 e. The zero-order valence-corrected chi connectivity index (χ0v) is 17.5. The van der Waals surface area contributed by atoms with Gasteiger partial charge in [-0.2, -0.15) is 0 Å². The third kappa shape index (κ3) is 4.29. The van der Waals surface area contributed by atoms with Gasteiger partial charge in [0, 0.05) is 18.7 Å². The Morgan fingerprint density at radius 1 is 1.30 bits per heavy atom. The molecule has 8 heteroatoms. The first-order chi connectivity index (χ1) is 14.5. The molecule has 1 aliphatic heterocycles. The zero-order chi connectivity index (χ0) is 21.1. The van der Waals surface area contributed by atoms with Gasteiger partial charge in [0.05, 0.1) is 30.7 Å². The molecule has 0 aliphatic carbocycles. The molecule has 2 N–H and O–H groups in total. The Morgan fingerprint density at radius 3 is 2.80 bits per heavy atom. The van der Waals surface area contributed by atoms with Crippen LogP contribution in [0.25, 0.3) is 10.9 Å². The molecule has 0 saturated carbocycles. The van der Waals surface area contributed by atoms with Crippen molar-refractivity contribution < 1.29 is 14.3 Å². The molecule has 0 spiro atoms. The molecule has 30 heavy (non-hydrogen) atoms. The number of nitrogens with one attached hydrogen (secondary N) is 2. The van der Waals surface area contributed by atoms with Crippen LogP contribution >= 0.6 is 12.2 Å². The highest BCUT2D eigenvalue weighted by Gasteiger charge is 2.17. The van der Waals surface area contributed by atoms with E-state index in [0.717, 1.165) is 30.8 Å². The molecule has 1 saturated heterocycles. The Bertz CT molecular complexity index is 1180. The van der Waals surface area contributed by atoms with Gasteiger partial charge in [-0.15, -0.1) is 0 Å².